The molecule has 18 heavy (non-hydrogen) atoms. The minimum Gasteiger partial charge on any atom is -0.396 e. The number of nitrogens with one attached hydrogen (secondary N) is 1. The molecule has 0 amide bonds. The molecule has 1 aromatic carbocycles. The lowest BCUT2D eigenvalue weighted by atomic mass is 10.1. The van der Waals surface area contributed by atoms with Crippen molar-refractivity contribution in [1.29, 1.82) is 0 Å². The van der Waals surface area contributed by atoms with E-state index in [1.54, 1.807) is 6.92 Å². The van der Waals surface area contributed by atoms with Gasteiger partial charge in [0.05, 0.1) is 5.56 Å². The summed E-state index contributed by atoms with van der Waals surface area (Å²) in [5, 5.41) is 11.7. The summed E-state index contributed by atoms with van der Waals surface area (Å²) in [6.45, 7) is 2.49. The van der Waals surface area contributed by atoms with E-state index in [1.165, 1.54) is 6.07 Å². The number of alkyl halides is 3. The summed E-state index contributed by atoms with van der Waals surface area (Å²) in [5.74, 6) is -1.25. The lowest BCUT2D eigenvalue weighted by Gasteiger charge is -2.12. The van der Waals surface area contributed by atoms with Crippen LogP contribution >= 0.6 is 0 Å². The summed E-state index contributed by atoms with van der Waals surface area (Å²) < 4.78 is 50.3. The number of halogens is 4. The quantitative estimate of drug-likeness (QED) is 0.802. The molecule has 1 atom stereocenters. The molecule has 1 unspecified atom stereocenters. The number of aliphatic hydroxyl groups excluding tert-OH is 1. The van der Waals surface area contributed by atoms with Gasteiger partial charge in [0.1, 0.15) is 5.82 Å². The van der Waals surface area contributed by atoms with E-state index >= 15 is 0 Å². The van der Waals surface area contributed by atoms with E-state index in [0.717, 1.165) is 12.1 Å². The van der Waals surface area contributed by atoms with Crippen LogP contribution in [-0.4, -0.2) is 18.3 Å². The van der Waals surface area contributed by atoms with Crippen molar-refractivity contribution >= 4 is 0 Å². The van der Waals surface area contributed by atoms with Crippen LogP contribution in [-0.2, 0) is 12.7 Å². The molecule has 0 fully saturated rings. The molecule has 0 aliphatic rings. The molecule has 0 saturated heterocycles. The zero-order chi connectivity index (χ0) is 13.8. The van der Waals surface area contributed by atoms with Gasteiger partial charge in [-0.15, -0.1) is 0 Å². The molecule has 1 rings (SSSR count). The number of hydrogen-bond donors (Lipinski definition) is 2. The summed E-state index contributed by atoms with van der Waals surface area (Å²) in [4.78, 5) is 0. The Kier molecular flexibility index (Phi) is 5.10. The van der Waals surface area contributed by atoms with Gasteiger partial charge < -0.3 is 10.4 Å². The van der Waals surface area contributed by atoms with Crippen LogP contribution in [0.15, 0.2) is 18.2 Å². The van der Waals surface area contributed by atoms with Gasteiger partial charge in [0, 0.05) is 19.7 Å². The van der Waals surface area contributed by atoms with Crippen molar-refractivity contribution in [2.75, 3.05) is 13.2 Å². The van der Waals surface area contributed by atoms with Crippen molar-refractivity contribution in [2.45, 2.75) is 19.6 Å². The van der Waals surface area contributed by atoms with Gasteiger partial charge in [-0.2, -0.15) is 13.2 Å². The number of aliphatic hydroxyl groups is 1. The normalized spacial score (nSPS) is 13.7. The highest BCUT2D eigenvalue weighted by Gasteiger charge is 2.34. The van der Waals surface area contributed by atoms with Gasteiger partial charge in [0.25, 0.3) is 0 Å². The molecular weight excluding hydrogens is 250 g/mol. The van der Waals surface area contributed by atoms with Crippen molar-refractivity contribution in [1.82, 2.24) is 5.32 Å². The summed E-state index contributed by atoms with van der Waals surface area (Å²) in [6, 6.07) is 2.92. The molecule has 2 nitrogen and oxygen atoms in total. The number of benzene rings is 1. The van der Waals surface area contributed by atoms with Crippen LogP contribution in [0, 0.1) is 11.7 Å². The van der Waals surface area contributed by atoms with Crippen LogP contribution in [0.2, 0.25) is 0 Å². The fraction of sp³-hybridized carbons (Fsp3) is 0.500. The molecule has 2 N–H and O–H groups in total. The van der Waals surface area contributed by atoms with Crippen LogP contribution in [0.5, 0.6) is 0 Å². The molecular formula is C12H15F4NO. The summed E-state index contributed by atoms with van der Waals surface area (Å²) in [5.41, 5.74) is -0.897. The van der Waals surface area contributed by atoms with Crippen molar-refractivity contribution in [3.05, 3.63) is 35.1 Å². The first-order chi connectivity index (χ1) is 8.34. The van der Waals surface area contributed by atoms with Gasteiger partial charge in [-0.1, -0.05) is 13.0 Å². The largest absolute Gasteiger partial charge is 0.419 e. The molecule has 0 aliphatic heterocycles. The van der Waals surface area contributed by atoms with Crippen molar-refractivity contribution in [2.24, 2.45) is 5.92 Å². The van der Waals surface area contributed by atoms with Crippen LogP contribution < -0.4 is 5.32 Å². The van der Waals surface area contributed by atoms with Crippen molar-refractivity contribution in [3.8, 4) is 0 Å². The predicted molar refractivity (Wildman–Crippen MR) is 59.4 cm³/mol. The van der Waals surface area contributed by atoms with E-state index in [4.69, 9.17) is 5.11 Å². The standard InChI is InChI=1S/C12H15F4NO/c1-8(7-18)5-17-6-9-2-3-11(13)10(4-9)12(14,15)16/h2-4,8,17-18H,5-7H2,1H3. The first-order valence-corrected chi connectivity index (χ1v) is 5.51. The maximum Gasteiger partial charge on any atom is 0.419 e. The van der Waals surface area contributed by atoms with Gasteiger partial charge in [-0.3, -0.25) is 0 Å². The Balaban J connectivity index is 2.68. The number of rotatable bonds is 5. The van der Waals surface area contributed by atoms with Crippen molar-refractivity contribution < 1.29 is 22.7 Å². The SMILES string of the molecule is CC(CO)CNCc1ccc(F)c(C(F)(F)F)c1. The zero-order valence-electron chi connectivity index (χ0n) is 9.89. The predicted octanol–water partition coefficient (Wildman–Crippen LogP) is 2.56. The van der Waals surface area contributed by atoms with Gasteiger partial charge >= 0.3 is 6.18 Å². The Hall–Kier alpha value is -1.14. The van der Waals surface area contributed by atoms with E-state index in [0.29, 0.717) is 12.1 Å². The highest BCUT2D eigenvalue weighted by Crippen LogP contribution is 2.31. The molecule has 0 aromatic heterocycles. The van der Waals surface area contributed by atoms with Crippen molar-refractivity contribution in [3.63, 3.8) is 0 Å². The van der Waals surface area contributed by atoms with E-state index in [9.17, 15) is 17.6 Å². The first kappa shape index (κ1) is 14.9. The first-order valence-electron chi connectivity index (χ1n) is 5.51. The fourth-order valence-corrected chi connectivity index (χ4v) is 1.43. The molecule has 1 aromatic rings. The fourth-order valence-electron chi connectivity index (χ4n) is 1.43. The Bertz CT molecular complexity index is 392. The van der Waals surface area contributed by atoms with E-state index in [1.807, 2.05) is 0 Å². The zero-order valence-corrected chi connectivity index (χ0v) is 9.89. The molecule has 0 bridgehead atoms. The molecule has 0 aliphatic carbocycles. The molecule has 0 spiro atoms. The maximum absolute atomic E-state index is 13.0. The van der Waals surface area contributed by atoms with Gasteiger partial charge in [0.15, 0.2) is 0 Å². The minimum atomic E-state index is -4.68. The smallest absolute Gasteiger partial charge is 0.396 e. The lowest BCUT2D eigenvalue weighted by Crippen LogP contribution is -2.23. The van der Waals surface area contributed by atoms with Crippen LogP contribution in [0.25, 0.3) is 0 Å². The highest BCUT2D eigenvalue weighted by molar-refractivity contribution is 5.27. The highest BCUT2D eigenvalue weighted by atomic mass is 19.4. The molecule has 102 valence electrons. The van der Waals surface area contributed by atoms with Crippen LogP contribution in [0.1, 0.15) is 18.1 Å². The Morgan fingerprint density at radius 3 is 2.56 bits per heavy atom. The second kappa shape index (κ2) is 6.15. The van der Waals surface area contributed by atoms with Gasteiger partial charge in [-0.25, -0.2) is 4.39 Å². The minimum absolute atomic E-state index is 0.00419. The second-order valence-electron chi connectivity index (χ2n) is 4.23. The monoisotopic (exact) mass is 265 g/mol. The Morgan fingerprint density at radius 1 is 1.33 bits per heavy atom. The van der Waals surface area contributed by atoms with Crippen LogP contribution in [0.4, 0.5) is 17.6 Å². The molecule has 0 saturated carbocycles. The molecule has 0 heterocycles. The second-order valence-corrected chi connectivity index (χ2v) is 4.23. The maximum atomic E-state index is 13.0. The lowest BCUT2D eigenvalue weighted by molar-refractivity contribution is -0.140. The van der Waals surface area contributed by atoms with E-state index in [2.05, 4.69) is 5.32 Å². The van der Waals surface area contributed by atoms with E-state index in [-0.39, 0.29) is 19.1 Å². The summed E-state index contributed by atoms with van der Waals surface area (Å²) in [6.07, 6.45) is -4.68. The average Bonchev–Trinajstić information content (AvgIpc) is 2.29. The average molecular weight is 265 g/mol. The third kappa shape index (κ3) is 4.27. The van der Waals surface area contributed by atoms with Gasteiger partial charge in [0.2, 0.25) is 0 Å². The third-order valence-corrected chi connectivity index (χ3v) is 2.47. The molecule has 0 radical (unpaired) electrons. The third-order valence-electron chi connectivity index (χ3n) is 2.47. The Morgan fingerprint density at radius 2 is 2.00 bits per heavy atom. The number of hydrogen-bond acceptors (Lipinski definition) is 2. The molecule has 6 heteroatoms. The summed E-state index contributed by atoms with van der Waals surface area (Å²) in [7, 11) is 0. The topological polar surface area (TPSA) is 32.3 Å². The summed E-state index contributed by atoms with van der Waals surface area (Å²) >= 11 is 0. The van der Waals surface area contributed by atoms with E-state index < -0.39 is 17.6 Å². The van der Waals surface area contributed by atoms with Gasteiger partial charge in [-0.05, 0) is 23.6 Å². The Labute approximate surface area is 103 Å². The van der Waals surface area contributed by atoms with Crippen LogP contribution in [0.3, 0.4) is 0 Å².